The predicted molar refractivity (Wildman–Crippen MR) is 94.9 cm³/mol. The van der Waals surface area contributed by atoms with E-state index < -0.39 is 4.92 Å². The van der Waals surface area contributed by atoms with Crippen LogP contribution in [0.4, 0.5) is 5.69 Å². The monoisotopic (exact) mass is 334 g/mol. The molecule has 0 bridgehead atoms. The van der Waals surface area contributed by atoms with Gasteiger partial charge in [-0.3, -0.25) is 10.1 Å². The molecule has 6 nitrogen and oxygen atoms in total. The highest BCUT2D eigenvalue weighted by Gasteiger charge is 2.18. The first-order valence-electron chi connectivity index (χ1n) is 7.69. The highest BCUT2D eigenvalue weighted by molar-refractivity contribution is 6.04. The van der Waals surface area contributed by atoms with Gasteiger partial charge in [0.2, 0.25) is 5.71 Å². The molecule has 0 unspecified atom stereocenters. The van der Waals surface area contributed by atoms with E-state index in [9.17, 15) is 10.1 Å². The largest absolute Gasteiger partial charge is 0.497 e. The summed E-state index contributed by atoms with van der Waals surface area (Å²) < 4.78 is 10.9. The smallest absolute Gasteiger partial charge is 0.280 e. The topological polar surface area (TPSA) is 78.4 Å². The maximum atomic E-state index is 11.4. The van der Waals surface area contributed by atoms with Crippen LogP contribution in [0, 0.1) is 17.0 Å². The number of benzene rings is 2. The summed E-state index contributed by atoms with van der Waals surface area (Å²) in [6.45, 7) is 1.90. The number of hydrogen-bond donors (Lipinski definition) is 0. The van der Waals surface area contributed by atoms with Gasteiger partial charge in [-0.05, 0) is 48.9 Å². The first-order valence-corrected chi connectivity index (χ1v) is 7.69. The fourth-order valence-corrected chi connectivity index (χ4v) is 2.95. The van der Waals surface area contributed by atoms with E-state index in [0.29, 0.717) is 28.2 Å². The molecule has 6 heteroatoms. The summed E-state index contributed by atoms with van der Waals surface area (Å²) in [5, 5.41) is 13.3. The van der Waals surface area contributed by atoms with Crippen LogP contribution >= 0.6 is 0 Å². The summed E-state index contributed by atoms with van der Waals surface area (Å²) in [5.41, 5.74) is 3.29. The van der Waals surface area contributed by atoms with Crippen molar-refractivity contribution in [1.29, 1.82) is 0 Å². The van der Waals surface area contributed by atoms with E-state index in [1.165, 1.54) is 13.2 Å². The Morgan fingerprint density at radius 1 is 1.08 bits per heavy atom. The molecule has 2 heterocycles. The Morgan fingerprint density at radius 2 is 1.88 bits per heavy atom. The molecule has 0 radical (unpaired) electrons. The Hall–Kier alpha value is -3.41. The van der Waals surface area contributed by atoms with Gasteiger partial charge in [-0.15, -0.1) is 0 Å². The highest BCUT2D eigenvalue weighted by Crippen LogP contribution is 2.36. The third-order valence-electron chi connectivity index (χ3n) is 4.19. The zero-order valence-corrected chi connectivity index (χ0v) is 13.6. The number of aryl methyl sites for hydroxylation is 1. The van der Waals surface area contributed by atoms with E-state index >= 15 is 0 Å². The minimum atomic E-state index is -0.411. The molecule has 25 heavy (non-hydrogen) atoms. The SMILES string of the molecule is COc1ccc(-c2ccc3c(c2)oc2nc(C)ccc23)c([N+](=O)[O-])c1. The minimum Gasteiger partial charge on any atom is -0.497 e. The Morgan fingerprint density at radius 3 is 2.64 bits per heavy atom. The molecular formula is C19H14N2O4. The molecule has 0 atom stereocenters. The van der Waals surface area contributed by atoms with Gasteiger partial charge in [0.05, 0.1) is 23.7 Å². The van der Waals surface area contributed by atoms with Crippen LogP contribution in [-0.2, 0) is 0 Å². The van der Waals surface area contributed by atoms with E-state index in [-0.39, 0.29) is 5.69 Å². The number of methoxy groups -OCH3 is 1. The van der Waals surface area contributed by atoms with Crippen LogP contribution in [-0.4, -0.2) is 17.0 Å². The van der Waals surface area contributed by atoms with E-state index in [1.54, 1.807) is 18.2 Å². The number of nitro benzene ring substituents is 1. The lowest BCUT2D eigenvalue weighted by Crippen LogP contribution is -1.93. The quantitative estimate of drug-likeness (QED) is 0.394. The lowest BCUT2D eigenvalue weighted by atomic mass is 10.0. The molecular weight excluding hydrogens is 320 g/mol. The molecule has 0 N–H and O–H groups in total. The third kappa shape index (κ3) is 2.48. The van der Waals surface area contributed by atoms with Crippen molar-refractivity contribution in [2.45, 2.75) is 6.92 Å². The maximum Gasteiger partial charge on any atom is 0.280 e. The van der Waals surface area contributed by atoms with Crippen molar-refractivity contribution in [3.05, 3.63) is 64.3 Å². The van der Waals surface area contributed by atoms with E-state index in [1.807, 2.05) is 31.2 Å². The summed E-state index contributed by atoms with van der Waals surface area (Å²) in [6, 6.07) is 14.3. The molecule has 4 rings (SSSR count). The number of pyridine rings is 1. The maximum absolute atomic E-state index is 11.4. The molecule has 2 aromatic heterocycles. The van der Waals surface area contributed by atoms with Crippen molar-refractivity contribution < 1.29 is 14.1 Å². The molecule has 0 saturated heterocycles. The number of fused-ring (bicyclic) bond motifs is 3. The lowest BCUT2D eigenvalue weighted by Gasteiger charge is -2.05. The van der Waals surface area contributed by atoms with Crippen molar-refractivity contribution in [1.82, 2.24) is 4.98 Å². The van der Waals surface area contributed by atoms with Crippen LogP contribution in [0.15, 0.2) is 52.9 Å². The molecule has 0 aliphatic rings. The Balaban J connectivity index is 1.93. The summed E-state index contributed by atoms with van der Waals surface area (Å²) in [7, 11) is 1.48. The first-order chi connectivity index (χ1) is 12.1. The van der Waals surface area contributed by atoms with Gasteiger partial charge in [-0.1, -0.05) is 6.07 Å². The number of rotatable bonds is 3. The number of furan rings is 1. The number of hydrogen-bond acceptors (Lipinski definition) is 5. The van der Waals surface area contributed by atoms with Crippen molar-refractivity contribution in [2.24, 2.45) is 0 Å². The number of aromatic nitrogens is 1. The van der Waals surface area contributed by atoms with E-state index in [4.69, 9.17) is 9.15 Å². The van der Waals surface area contributed by atoms with Crippen molar-refractivity contribution in [2.75, 3.05) is 7.11 Å². The Kier molecular flexibility index (Phi) is 3.39. The molecule has 124 valence electrons. The summed E-state index contributed by atoms with van der Waals surface area (Å²) in [6.07, 6.45) is 0. The fourth-order valence-electron chi connectivity index (χ4n) is 2.95. The van der Waals surface area contributed by atoms with Crippen LogP contribution in [0.3, 0.4) is 0 Å². The van der Waals surface area contributed by atoms with Crippen molar-refractivity contribution >= 4 is 27.8 Å². The van der Waals surface area contributed by atoms with Gasteiger partial charge in [-0.2, -0.15) is 0 Å². The molecule has 0 saturated carbocycles. The van der Waals surface area contributed by atoms with E-state index in [0.717, 1.165) is 16.5 Å². The fraction of sp³-hybridized carbons (Fsp3) is 0.105. The normalized spacial score (nSPS) is 11.1. The van der Waals surface area contributed by atoms with Gasteiger partial charge < -0.3 is 9.15 Å². The van der Waals surface area contributed by atoms with Crippen LogP contribution in [0.25, 0.3) is 33.2 Å². The molecule has 4 aromatic rings. The molecule has 0 aliphatic carbocycles. The summed E-state index contributed by atoms with van der Waals surface area (Å²) in [4.78, 5) is 15.4. The number of nitro groups is 1. The average molecular weight is 334 g/mol. The van der Waals surface area contributed by atoms with Crippen molar-refractivity contribution in [3.63, 3.8) is 0 Å². The molecule has 2 aromatic carbocycles. The second-order valence-electron chi connectivity index (χ2n) is 5.76. The minimum absolute atomic E-state index is 0.0104. The van der Waals surface area contributed by atoms with Gasteiger partial charge in [0, 0.05) is 16.5 Å². The van der Waals surface area contributed by atoms with Gasteiger partial charge in [-0.25, -0.2) is 4.98 Å². The molecule has 0 aliphatic heterocycles. The van der Waals surface area contributed by atoms with Gasteiger partial charge in [0.25, 0.3) is 5.69 Å². The second kappa shape index (κ2) is 5.59. The highest BCUT2D eigenvalue weighted by atomic mass is 16.6. The van der Waals surface area contributed by atoms with Crippen molar-refractivity contribution in [3.8, 4) is 16.9 Å². The van der Waals surface area contributed by atoms with Crippen LogP contribution < -0.4 is 4.74 Å². The molecule has 0 fully saturated rings. The summed E-state index contributed by atoms with van der Waals surface area (Å²) >= 11 is 0. The standard InChI is InChI=1S/C19H14N2O4/c1-11-3-6-16-15-7-4-12(9-18(15)25-19(16)20-11)14-8-5-13(24-2)10-17(14)21(22)23/h3-10H,1-2H3. The van der Waals surface area contributed by atoms with Crippen LogP contribution in [0.2, 0.25) is 0 Å². The van der Waals surface area contributed by atoms with Crippen LogP contribution in [0.1, 0.15) is 5.69 Å². The predicted octanol–water partition coefficient (Wildman–Crippen LogP) is 4.87. The van der Waals surface area contributed by atoms with Gasteiger partial charge in [0.1, 0.15) is 11.3 Å². The number of ether oxygens (including phenoxy) is 1. The lowest BCUT2D eigenvalue weighted by molar-refractivity contribution is -0.384. The molecule has 0 amide bonds. The van der Waals surface area contributed by atoms with Gasteiger partial charge >= 0.3 is 0 Å². The summed E-state index contributed by atoms with van der Waals surface area (Å²) in [5.74, 6) is 0.444. The Bertz CT molecular complexity index is 1130. The zero-order valence-electron chi connectivity index (χ0n) is 13.6. The van der Waals surface area contributed by atoms with Gasteiger partial charge in [0.15, 0.2) is 0 Å². The molecule has 0 spiro atoms. The zero-order chi connectivity index (χ0) is 17.6. The second-order valence-corrected chi connectivity index (χ2v) is 5.76. The Labute approximate surface area is 142 Å². The third-order valence-corrected chi connectivity index (χ3v) is 4.19. The van der Waals surface area contributed by atoms with E-state index in [2.05, 4.69) is 4.98 Å². The average Bonchev–Trinajstić information content (AvgIpc) is 2.97. The first kappa shape index (κ1) is 15.1. The van der Waals surface area contributed by atoms with Crippen LogP contribution in [0.5, 0.6) is 5.75 Å². The number of nitrogens with zero attached hydrogens (tertiary/aromatic N) is 2.